The van der Waals surface area contributed by atoms with Crippen molar-refractivity contribution in [2.45, 2.75) is 37.9 Å². The van der Waals surface area contributed by atoms with E-state index in [1.165, 1.54) is 0 Å². The molecule has 1 atom stereocenters. The number of nitrogens with zero attached hydrogens (tertiary/aromatic N) is 4. The van der Waals surface area contributed by atoms with Gasteiger partial charge in [-0.25, -0.2) is 14.6 Å². The van der Waals surface area contributed by atoms with Crippen LogP contribution >= 0.6 is 11.8 Å². The number of carbonyl (C=O) groups excluding carboxylic acids is 1. The highest BCUT2D eigenvalue weighted by Crippen LogP contribution is 2.39. The first-order valence-corrected chi connectivity index (χ1v) is 10.00. The Morgan fingerprint density at radius 1 is 1.22 bits per heavy atom. The predicted molar refractivity (Wildman–Crippen MR) is 106 cm³/mol. The lowest BCUT2D eigenvalue weighted by Gasteiger charge is -2.24. The van der Waals surface area contributed by atoms with Gasteiger partial charge in [-0.2, -0.15) is 5.10 Å². The summed E-state index contributed by atoms with van der Waals surface area (Å²) in [5, 5.41) is 8.48. The summed E-state index contributed by atoms with van der Waals surface area (Å²) >= 11 is 1.61. The largest absolute Gasteiger partial charge is 0.311 e. The van der Waals surface area contributed by atoms with Crippen molar-refractivity contribution in [3.05, 3.63) is 65.1 Å². The molecular weight excluding hydrogens is 358 g/mol. The van der Waals surface area contributed by atoms with Gasteiger partial charge in [0.05, 0.1) is 12.2 Å². The number of hydrogen-bond donors (Lipinski definition) is 1. The Labute approximate surface area is 162 Å². The van der Waals surface area contributed by atoms with Crippen LogP contribution in [0.3, 0.4) is 0 Å². The van der Waals surface area contributed by atoms with Gasteiger partial charge >= 0.3 is 0 Å². The number of anilines is 1. The Hall–Kier alpha value is -2.67. The number of carbonyl (C=O) groups is 1. The summed E-state index contributed by atoms with van der Waals surface area (Å²) in [5.41, 5.74) is 4.08. The molecular formula is C20H21N5OS. The summed E-state index contributed by atoms with van der Waals surface area (Å²) < 4.78 is 1.88. The number of amides is 1. The second-order valence-electron chi connectivity index (χ2n) is 6.53. The predicted octanol–water partition coefficient (Wildman–Crippen LogP) is 3.62. The Morgan fingerprint density at radius 3 is 2.67 bits per heavy atom. The zero-order valence-electron chi connectivity index (χ0n) is 15.3. The number of aromatic nitrogens is 4. The van der Waals surface area contributed by atoms with Crippen molar-refractivity contribution in [3.63, 3.8) is 0 Å². The van der Waals surface area contributed by atoms with Gasteiger partial charge in [-0.3, -0.25) is 4.79 Å². The molecule has 0 spiro atoms. The number of fused-ring (bicyclic) bond motifs is 1. The molecule has 1 amide bonds. The van der Waals surface area contributed by atoms with Crippen LogP contribution in [0.2, 0.25) is 0 Å². The third-order valence-electron chi connectivity index (χ3n) is 4.67. The molecule has 0 radical (unpaired) electrons. The summed E-state index contributed by atoms with van der Waals surface area (Å²) in [6, 6.07) is 10.1. The standard InChI is InChI=1S/C20H21N5OS/c1-3-27-20-21-10-15(11-22-20)16-9-17(26)23-19-18(16)13(2)24-25(19)12-14-7-5-4-6-8-14/h4-8,10-11,16H,3,9,12H2,1-2H3,(H,23,26)/t16-/m0/s1. The lowest BCUT2D eigenvalue weighted by molar-refractivity contribution is -0.116. The van der Waals surface area contributed by atoms with E-state index in [4.69, 9.17) is 5.10 Å². The molecule has 0 saturated carbocycles. The highest BCUT2D eigenvalue weighted by atomic mass is 32.2. The smallest absolute Gasteiger partial charge is 0.226 e. The van der Waals surface area contributed by atoms with E-state index >= 15 is 0 Å². The lowest BCUT2D eigenvalue weighted by atomic mass is 9.87. The van der Waals surface area contributed by atoms with Crippen LogP contribution in [0, 0.1) is 6.92 Å². The van der Waals surface area contributed by atoms with Crippen LogP contribution in [0.4, 0.5) is 5.82 Å². The molecule has 0 bridgehead atoms. The summed E-state index contributed by atoms with van der Waals surface area (Å²) in [7, 11) is 0. The van der Waals surface area contributed by atoms with E-state index < -0.39 is 0 Å². The average molecular weight is 379 g/mol. The van der Waals surface area contributed by atoms with E-state index in [2.05, 4.69) is 34.3 Å². The van der Waals surface area contributed by atoms with Gasteiger partial charge in [-0.15, -0.1) is 0 Å². The van der Waals surface area contributed by atoms with Crippen LogP contribution in [0.1, 0.15) is 41.6 Å². The summed E-state index contributed by atoms with van der Waals surface area (Å²) in [6.07, 6.45) is 4.06. The molecule has 1 aromatic carbocycles. The van der Waals surface area contributed by atoms with Gasteiger partial charge in [0.2, 0.25) is 5.91 Å². The van der Waals surface area contributed by atoms with Gasteiger partial charge in [0.15, 0.2) is 5.16 Å². The maximum Gasteiger partial charge on any atom is 0.226 e. The van der Waals surface area contributed by atoms with E-state index in [1.54, 1.807) is 11.8 Å². The lowest BCUT2D eigenvalue weighted by Crippen LogP contribution is -2.25. The zero-order valence-corrected chi connectivity index (χ0v) is 16.2. The van der Waals surface area contributed by atoms with Gasteiger partial charge in [-0.1, -0.05) is 49.0 Å². The second kappa shape index (κ2) is 7.52. The number of thioether (sulfide) groups is 1. The fraction of sp³-hybridized carbons (Fsp3) is 0.300. The van der Waals surface area contributed by atoms with E-state index in [1.807, 2.05) is 42.2 Å². The van der Waals surface area contributed by atoms with Gasteiger partial charge in [0.1, 0.15) is 5.82 Å². The van der Waals surface area contributed by atoms with Crippen LogP contribution < -0.4 is 5.32 Å². The Morgan fingerprint density at radius 2 is 1.96 bits per heavy atom. The molecule has 7 heteroatoms. The minimum Gasteiger partial charge on any atom is -0.311 e. The molecule has 3 heterocycles. The Balaban J connectivity index is 1.70. The SMILES string of the molecule is CCSc1ncc([C@@H]2CC(=O)Nc3c2c(C)nn3Cc2ccccc2)cn1. The monoisotopic (exact) mass is 379 g/mol. The third kappa shape index (κ3) is 3.60. The fourth-order valence-corrected chi connectivity index (χ4v) is 3.99. The van der Waals surface area contributed by atoms with Gasteiger partial charge < -0.3 is 5.32 Å². The Bertz CT molecular complexity index is 953. The minimum absolute atomic E-state index is 0.00581. The van der Waals surface area contributed by atoms with Crippen LogP contribution in [-0.2, 0) is 11.3 Å². The van der Waals surface area contributed by atoms with E-state index in [0.717, 1.165) is 39.1 Å². The normalized spacial score (nSPS) is 16.1. The molecule has 0 saturated heterocycles. The molecule has 0 aliphatic carbocycles. The molecule has 4 rings (SSSR count). The van der Waals surface area contributed by atoms with Gasteiger partial charge in [0, 0.05) is 30.3 Å². The molecule has 138 valence electrons. The summed E-state index contributed by atoms with van der Waals surface area (Å²) in [5.74, 6) is 1.64. The number of rotatable bonds is 5. The first-order valence-electron chi connectivity index (χ1n) is 9.01. The molecule has 3 aromatic rings. The molecule has 6 nitrogen and oxygen atoms in total. The van der Waals surface area contributed by atoms with Crippen molar-refractivity contribution in [1.82, 2.24) is 19.7 Å². The highest BCUT2D eigenvalue weighted by molar-refractivity contribution is 7.99. The van der Waals surface area contributed by atoms with E-state index in [0.29, 0.717) is 13.0 Å². The number of benzene rings is 1. The highest BCUT2D eigenvalue weighted by Gasteiger charge is 2.32. The topological polar surface area (TPSA) is 72.7 Å². The molecule has 1 N–H and O–H groups in total. The number of aryl methyl sites for hydroxylation is 1. The van der Waals surface area contributed by atoms with Gasteiger partial charge in [-0.05, 0) is 23.8 Å². The molecule has 1 aliphatic rings. The first kappa shape index (κ1) is 17.7. The van der Waals surface area contributed by atoms with Crippen molar-refractivity contribution in [2.24, 2.45) is 0 Å². The first-order chi connectivity index (χ1) is 13.2. The van der Waals surface area contributed by atoms with Crippen molar-refractivity contribution in [1.29, 1.82) is 0 Å². The summed E-state index contributed by atoms with van der Waals surface area (Å²) in [4.78, 5) is 21.3. The van der Waals surface area contributed by atoms with Crippen LogP contribution in [0.5, 0.6) is 0 Å². The number of nitrogens with one attached hydrogen (secondary N) is 1. The molecule has 27 heavy (non-hydrogen) atoms. The van der Waals surface area contributed by atoms with Crippen molar-refractivity contribution < 1.29 is 4.79 Å². The molecule has 0 fully saturated rings. The molecule has 1 aliphatic heterocycles. The van der Waals surface area contributed by atoms with E-state index in [-0.39, 0.29) is 11.8 Å². The maximum atomic E-state index is 12.4. The fourth-order valence-electron chi connectivity index (χ4n) is 3.48. The average Bonchev–Trinajstić information content (AvgIpc) is 2.98. The quantitative estimate of drug-likeness (QED) is 0.541. The third-order valence-corrected chi connectivity index (χ3v) is 5.43. The van der Waals surface area contributed by atoms with Crippen LogP contribution in [0.15, 0.2) is 47.9 Å². The maximum absolute atomic E-state index is 12.4. The second-order valence-corrected chi connectivity index (χ2v) is 7.76. The van der Waals surface area contributed by atoms with Crippen LogP contribution in [0.25, 0.3) is 0 Å². The van der Waals surface area contributed by atoms with Crippen molar-refractivity contribution >= 4 is 23.5 Å². The molecule has 2 aromatic heterocycles. The summed E-state index contributed by atoms with van der Waals surface area (Å²) in [6.45, 7) is 4.68. The zero-order chi connectivity index (χ0) is 18.8. The van der Waals surface area contributed by atoms with Crippen LogP contribution in [-0.4, -0.2) is 31.4 Å². The van der Waals surface area contributed by atoms with Crippen molar-refractivity contribution in [2.75, 3.05) is 11.1 Å². The molecule has 0 unspecified atom stereocenters. The minimum atomic E-state index is -0.0704. The van der Waals surface area contributed by atoms with E-state index in [9.17, 15) is 4.79 Å². The van der Waals surface area contributed by atoms with Gasteiger partial charge in [0.25, 0.3) is 0 Å². The van der Waals surface area contributed by atoms with Crippen molar-refractivity contribution in [3.8, 4) is 0 Å². The Kier molecular flexibility index (Phi) is 4.94. The number of hydrogen-bond acceptors (Lipinski definition) is 5.